The molecule has 7 nitrogen and oxygen atoms in total. The number of aryl methyl sites for hydroxylation is 2. The maximum absolute atomic E-state index is 13.2. The van der Waals surface area contributed by atoms with Crippen LogP contribution in [0.15, 0.2) is 48.5 Å². The van der Waals surface area contributed by atoms with Crippen LogP contribution in [0, 0.1) is 13.8 Å². The minimum Gasteiger partial charge on any atom is -0.508 e. The topological polar surface area (TPSA) is 113 Å². The third-order valence-corrected chi connectivity index (χ3v) is 7.16. The van der Waals surface area contributed by atoms with E-state index in [9.17, 15) is 24.3 Å². The van der Waals surface area contributed by atoms with Gasteiger partial charge in [0.15, 0.2) is 5.60 Å². The van der Waals surface area contributed by atoms with Crippen molar-refractivity contribution in [1.29, 1.82) is 0 Å². The van der Waals surface area contributed by atoms with Gasteiger partial charge in [0, 0.05) is 16.7 Å². The molecule has 37 heavy (non-hydrogen) atoms. The number of ether oxygens (including phenoxy) is 1. The third-order valence-electron chi connectivity index (χ3n) is 6.72. The van der Waals surface area contributed by atoms with E-state index in [-0.39, 0.29) is 52.9 Å². The van der Waals surface area contributed by atoms with E-state index in [0.717, 1.165) is 11.1 Å². The first-order valence-corrected chi connectivity index (χ1v) is 13.4. The zero-order chi connectivity index (χ0) is 26.6. The maximum Gasteiger partial charge on any atom is 1.00 e. The van der Waals surface area contributed by atoms with Gasteiger partial charge in [-0.2, -0.15) is 0 Å². The number of cyclic esters (lactones) is 1. The molecule has 0 saturated carbocycles. The Hall–Kier alpha value is -2.12. The summed E-state index contributed by atoms with van der Waals surface area (Å²) < 4.78 is 23.0. The smallest absolute Gasteiger partial charge is 0.508 e. The number of aromatic hydroxyl groups is 1. The molecule has 3 aromatic carbocycles. The standard InChI is InChI=1S/C28H31O7P.Na/c1-15(2)20-13-23(17(5)11-25(20)29)28(22-10-8-7-9-19(22)27(30)34-28)24-14-21(16(3)4)26(12-18(24)6)35-36(31,32)33;/h7-16,29H,1-6H3,(H2,31,32,33);/q;+1. The number of rotatable bonds is 6. The zero-order valence-corrected chi connectivity index (χ0v) is 25.1. The molecule has 0 radical (unpaired) electrons. The fourth-order valence-corrected chi connectivity index (χ4v) is 5.46. The number of phenolic OH excluding ortho intramolecular Hbond substituents is 1. The van der Waals surface area contributed by atoms with Crippen LogP contribution in [-0.4, -0.2) is 20.9 Å². The fraction of sp³-hybridized carbons (Fsp3) is 0.321. The average Bonchev–Trinajstić information content (AvgIpc) is 3.05. The third kappa shape index (κ3) is 5.26. The molecule has 190 valence electrons. The minimum atomic E-state index is -4.80. The summed E-state index contributed by atoms with van der Waals surface area (Å²) in [5.74, 6) is -0.352. The molecule has 3 aromatic rings. The maximum atomic E-state index is 13.2. The van der Waals surface area contributed by atoms with E-state index in [0.29, 0.717) is 33.4 Å². The zero-order valence-electron chi connectivity index (χ0n) is 22.2. The molecule has 0 aliphatic carbocycles. The SMILES string of the molecule is Cc1cc(O)c(C(C)C)cc1C1(c2cc(C(C)C)c(OP(=O)(O)O)cc2C)OC(=O)c2ccccc21.[Na+]. The van der Waals surface area contributed by atoms with Gasteiger partial charge in [-0.05, 0) is 78.3 Å². The summed E-state index contributed by atoms with van der Waals surface area (Å²) in [6, 6.07) is 14.2. The van der Waals surface area contributed by atoms with Crippen molar-refractivity contribution < 1.29 is 63.1 Å². The first kappa shape index (κ1) is 29.4. The van der Waals surface area contributed by atoms with Crippen LogP contribution >= 0.6 is 7.82 Å². The van der Waals surface area contributed by atoms with Crippen molar-refractivity contribution in [1.82, 2.24) is 0 Å². The summed E-state index contributed by atoms with van der Waals surface area (Å²) in [5.41, 5.74) is 3.81. The van der Waals surface area contributed by atoms with Crippen molar-refractivity contribution in [3.63, 3.8) is 0 Å². The number of carbonyl (C=O) groups excluding carboxylic acids is 1. The van der Waals surface area contributed by atoms with Gasteiger partial charge in [0.25, 0.3) is 0 Å². The molecule has 9 heteroatoms. The molecule has 0 bridgehead atoms. The van der Waals surface area contributed by atoms with E-state index in [1.54, 1.807) is 31.2 Å². The predicted octanol–water partition coefficient (Wildman–Crippen LogP) is 3.19. The molecule has 4 rings (SSSR count). The van der Waals surface area contributed by atoms with Crippen LogP contribution in [0.1, 0.15) is 88.8 Å². The first-order chi connectivity index (χ1) is 16.8. The second-order valence-corrected chi connectivity index (χ2v) is 11.1. The van der Waals surface area contributed by atoms with Gasteiger partial charge < -0.3 is 14.4 Å². The van der Waals surface area contributed by atoms with Crippen molar-refractivity contribution in [2.75, 3.05) is 0 Å². The number of carbonyl (C=O) groups is 1. The van der Waals surface area contributed by atoms with E-state index in [2.05, 4.69) is 0 Å². The second-order valence-electron chi connectivity index (χ2n) is 9.94. The van der Waals surface area contributed by atoms with Gasteiger partial charge in [-0.15, -0.1) is 0 Å². The Balaban J connectivity index is 0.00000380. The monoisotopic (exact) mass is 533 g/mol. The number of phosphoric acid groups is 1. The van der Waals surface area contributed by atoms with Crippen LogP contribution in [0.25, 0.3) is 0 Å². The Morgan fingerprint density at radius 2 is 1.41 bits per heavy atom. The van der Waals surface area contributed by atoms with Crippen molar-refractivity contribution >= 4 is 13.8 Å². The summed E-state index contributed by atoms with van der Waals surface area (Å²) in [6.07, 6.45) is 0. The van der Waals surface area contributed by atoms with Gasteiger partial charge in [0.2, 0.25) is 0 Å². The van der Waals surface area contributed by atoms with E-state index in [1.807, 2.05) is 58.9 Å². The van der Waals surface area contributed by atoms with Crippen LogP contribution < -0.4 is 34.1 Å². The molecule has 1 atom stereocenters. The molecular formula is C28H31NaO7P+. The van der Waals surface area contributed by atoms with Gasteiger partial charge in [0.05, 0.1) is 5.56 Å². The Bertz CT molecular complexity index is 1410. The van der Waals surface area contributed by atoms with E-state index >= 15 is 0 Å². The predicted molar refractivity (Wildman–Crippen MR) is 137 cm³/mol. The van der Waals surface area contributed by atoms with E-state index < -0.39 is 19.4 Å². The average molecular weight is 534 g/mol. The molecule has 0 saturated heterocycles. The molecule has 0 aromatic heterocycles. The van der Waals surface area contributed by atoms with E-state index in [1.165, 1.54) is 0 Å². The molecular weight excluding hydrogens is 502 g/mol. The number of hydrogen-bond donors (Lipinski definition) is 3. The summed E-state index contributed by atoms with van der Waals surface area (Å²) in [6.45, 7) is 11.4. The number of benzene rings is 3. The van der Waals surface area contributed by atoms with Crippen LogP contribution in [-0.2, 0) is 14.9 Å². The number of phenols is 1. The van der Waals surface area contributed by atoms with Crippen LogP contribution in [0.5, 0.6) is 11.5 Å². The molecule has 1 aliphatic rings. The van der Waals surface area contributed by atoms with Crippen molar-refractivity contribution in [3.05, 3.63) is 93.0 Å². The molecule has 0 fully saturated rings. The molecule has 1 aliphatic heterocycles. The van der Waals surface area contributed by atoms with Crippen molar-refractivity contribution in [2.24, 2.45) is 0 Å². The normalized spacial score (nSPS) is 17.0. The summed E-state index contributed by atoms with van der Waals surface area (Å²) in [7, 11) is -4.80. The number of phosphoric ester groups is 1. The largest absolute Gasteiger partial charge is 1.00 e. The number of hydrogen-bond acceptors (Lipinski definition) is 5. The van der Waals surface area contributed by atoms with Crippen LogP contribution in [0.4, 0.5) is 0 Å². The van der Waals surface area contributed by atoms with Crippen molar-refractivity contribution in [3.8, 4) is 11.5 Å². The van der Waals surface area contributed by atoms with E-state index in [4.69, 9.17) is 9.26 Å². The Morgan fingerprint density at radius 3 is 1.97 bits per heavy atom. The van der Waals surface area contributed by atoms with Gasteiger partial charge in [-0.25, -0.2) is 9.36 Å². The fourth-order valence-electron chi connectivity index (χ4n) is 5.05. The molecule has 1 heterocycles. The van der Waals surface area contributed by atoms with Gasteiger partial charge in [0.1, 0.15) is 11.5 Å². The molecule has 1 unspecified atom stereocenters. The van der Waals surface area contributed by atoms with Gasteiger partial charge >= 0.3 is 43.3 Å². The first-order valence-electron chi connectivity index (χ1n) is 11.8. The quantitative estimate of drug-likeness (QED) is 0.253. The Labute approximate surface area is 239 Å². The van der Waals surface area contributed by atoms with Gasteiger partial charge in [-0.3, -0.25) is 9.79 Å². The van der Waals surface area contributed by atoms with Crippen LogP contribution in [0.3, 0.4) is 0 Å². The second kappa shape index (κ2) is 10.6. The Kier molecular flexibility index (Phi) is 8.41. The summed E-state index contributed by atoms with van der Waals surface area (Å²) in [5, 5.41) is 10.6. The summed E-state index contributed by atoms with van der Waals surface area (Å²) in [4.78, 5) is 32.2. The molecule has 0 amide bonds. The van der Waals surface area contributed by atoms with Gasteiger partial charge in [-0.1, -0.05) is 45.9 Å². The molecule has 3 N–H and O–H groups in total. The molecule has 0 spiro atoms. The number of esters is 1. The van der Waals surface area contributed by atoms with Crippen molar-refractivity contribution in [2.45, 2.75) is 59.0 Å². The van der Waals surface area contributed by atoms with Crippen LogP contribution in [0.2, 0.25) is 0 Å². The minimum absolute atomic E-state index is 0. The summed E-state index contributed by atoms with van der Waals surface area (Å²) >= 11 is 0. The number of fused-ring (bicyclic) bond motifs is 1. The Morgan fingerprint density at radius 1 is 0.865 bits per heavy atom.